The van der Waals surface area contributed by atoms with Gasteiger partial charge in [0.15, 0.2) is 0 Å². The summed E-state index contributed by atoms with van der Waals surface area (Å²) in [5, 5.41) is 4.08. The summed E-state index contributed by atoms with van der Waals surface area (Å²) < 4.78 is 6.10. The lowest BCUT2D eigenvalue weighted by atomic mass is 9.61. The number of halogens is 1. The van der Waals surface area contributed by atoms with Crippen LogP contribution in [0.5, 0.6) is 5.75 Å². The molecule has 2 rings (SSSR count). The molecular formula is C15H22ClNO. The summed E-state index contributed by atoms with van der Waals surface area (Å²) in [7, 11) is 2.02. The van der Waals surface area contributed by atoms with Crippen LogP contribution in [0.15, 0.2) is 18.2 Å². The molecule has 0 bridgehead atoms. The normalized spacial score (nSPS) is 30.9. The summed E-state index contributed by atoms with van der Waals surface area (Å²) in [5.74, 6) is 0.807. The Labute approximate surface area is 115 Å². The van der Waals surface area contributed by atoms with Crippen LogP contribution in [0.1, 0.15) is 32.3 Å². The van der Waals surface area contributed by atoms with Gasteiger partial charge in [0.1, 0.15) is 11.9 Å². The molecular weight excluding hydrogens is 246 g/mol. The zero-order valence-electron chi connectivity index (χ0n) is 11.6. The van der Waals surface area contributed by atoms with Gasteiger partial charge in [-0.1, -0.05) is 31.5 Å². The Balaban J connectivity index is 2.11. The Bertz CT molecular complexity index is 435. The number of aryl methyl sites for hydroxylation is 1. The van der Waals surface area contributed by atoms with Gasteiger partial charge in [-0.3, -0.25) is 0 Å². The van der Waals surface area contributed by atoms with Crippen molar-refractivity contribution in [1.29, 1.82) is 0 Å². The molecule has 1 aromatic carbocycles. The monoisotopic (exact) mass is 267 g/mol. The van der Waals surface area contributed by atoms with Gasteiger partial charge in [-0.05, 0) is 38.1 Å². The summed E-state index contributed by atoms with van der Waals surface area (Å²) in [4.78, 5) is 0. The summed E-state index contributed by atoms with van der Waals surface area (Å²) >= 11 is 6.22. The van der Waals surface area contributed by atoms with Crippen molar-refractivity contribution < 1.29 is 4.74 Å². The van der Waals surface area contributed by atoms with E-state index in [1.54, 1.807) is 0 Å². The quantitative estimate of drug-likeness (QED) is 0.896. The molecule has 0 saturated heterocycles. The predicted molar refractivity (Wildman–Crippen MR) is 76.5 cm³/mol. The molecule has 1 aliphatic rings. The SMILES string of the molecule is CCC1(C)C(NC)CC1Oc1ccc(C)cc1Cl. The van der Waals surface area contributed by atoms with E-state index in [4.69, 9.17) is 16.3 Å². The van der Waals surface area contributed by atoms with Crippen LogP contribution in [0.25, 0.3) is 0 Å². The Hall–Kier alpha value is -0.730. The second-order valence-electron chi connectivity index (χ2n) is 5.48. The molecule has 100 valence electrons. The molecule has 0 amide bonds. The highest BCUT2D eigenvalue weighted by molar-refractivity contribution is 6.32. The van der Waals surface area contributed by atoms with Crippen molar-refractivity contribution in [2.45, 2.75) is 45.8 Å². The molecule has 1 N–H and O–H groups in total. The van der Waals surface area contributed by atoms with Crippen molar-refractivity contribution in [3.63, 3.8) is 0 Å². The van der Waals surface area contributed by atoms with Gasteiger partial charge < -0.3 is 10.1 Å². The van der Waals surface area contributed by atoms with Gasteiger partial charge in [0.25, 0.3) is 0 Å². The van der Waals surface area contributed by atoms with Gasteiger partial charge in [0.2, 0.25) is 0 Å². The Morgan fingerprint density at radius 2 is 2.22 bits per heavy atom. The number of hydrogen-bond acceptors (Lipinski definition) is 2. The molecule has 2 nitrogen and oxygen atoms in total. The van der Waals surface area contributed by atoms with E-state index in [1.807, 2.05) is 32.2 Å². The lowest BCUT2D eigenvalue weighted by molar-refractivity contribution is -0.0676. The third-order valence-electron chi connectivity index (χ3n) is 4.45. The molecule has 0 aliphatic heterocycles. The highest BCUT2D eigenvalue weighted by Crippen LogP contribution is 2.46. The highest BCUT2D eigenvalue weighted by atomic mass is 35.5. The van der Waals surface area contributed by atoms with E-state index in [2.05, 4.69) is 19.2 Å². The fourth-order valence-corrected chi connectivity index (χ4v) is 3.06. The lowest BCUT2D eigenvalue weighted by Gasteiger charge is -2.53. The first-order valence-electron chi connectivity index (χ1n) is 6.61. The van der Waals surface area contributed by atoms with E-state index in [-0.39, 0.29) is 11.5 Å². The molecule has 1 saturated carbocycles. The van der Waals surface area contributed by atoms with Crippen molar-refractivity contribution in [3.8, 4) is 5.75 Å². The Kier molecular flexibility index (Phi) is 3.88. The van der Waals surface area contributed by atoms with Crippen molar-refractivity contribution >= 4 is 11.6 Å². The molecule has 1 aliphatic carbocycles. The third-order valence-corrected chi connectivity index (χ3v) is 4.74. The van der Waals surface area contributed by atoms with Gasteiger partial charge in [0.05, 0.1) is 5.02 Å². The summed E-state index contributed by atoms with van der Waals surface area (Å²) in [5.41, 5.74) is 1.36. The zero-order chi connectivity index (χ0) is 13.3. The average molecular weight is 268 g/mol. The van der Waals surface area contributed by atoms with Crippen molar-refractivity contribution in [1.82, 2.24) is 5.32 Å². The average Bonchev–Trinajstić information content (AvgIpc) is 2.35. The maximum atomic E-state index is 6.22. The largest absolute Gasteiger partial charge is 0.488 e. The van der Waals surface area contributed by atoms with Crippen LogP contribution >= 0.6 is 11.6 Å². The molecule has 3 heteroatoms. The number of ether oxygens (including phenoxy) is 1. The van der Waals surface area contributed by atoms with Gasteiger partial charge in [-0.15, -0.1) is 0 Å². The van der Waals surface area contributed by atoms with E-state index in [0.29, 0.717) is 11.1 Å². The Morgan fingerprint density at radius 1 is 1.50 bits per heavy atom. The van der Waals surface area contributed by atoms with Crippen molar-refractivity contribution in [2.24, 2.45) is 5.41 Å². The molecule has 0 aromatic heterocycles. The summed E-state index contributed by atoms with van der Waals surface area (Å²) in [6.07, 6.45) is 2.40. The highest BCUT2D eigenvalue weighted by Gasteiger charge is 2.51. The van der Waals surface area contributed by atoms with Crippen LogP contribution < -0.4 is 10.1 Å². The van der Waals surface area contributed by atoms with Crippen LogP contribution in [0.4, 0.5) is 0 Å². The second-order valence-corrected chi connectivity index (χ2v) is 5.88. The van der Waals surface area contributed by atoms with E-state index >= 15 is 0 Å². The van der Waals surface area contributed by atoms with Crippen LogP contribution in [-0.4, -0.2) is 19.2 Å². The molecule has 0 spiro atoms. The summed E-state index contributed by atoms with van der Waals surface area (Å²) in [6, 6.07) is 6.50. The first kappa shape index (κ1) is 13.7. The molecule has 3 unspecified atom stereocenters. The molecule has 1 aromatic rings. The fourth-order valence-electron chi connectivity index (χ4n) is 2.78. The van der Waals surface area contributed by atoms with Gasteiger partial charge in [0, 0.05) is 17.9 Å². The standard InChI is InChI=1S/C15H22ClNO/c1-5-15(3)13(17-4)9-14(15)18-12-7-6-10(2)8-11(12)16/h6-8,13-14,17H,5,9H2,1-4H3. The smallest absolute Gasteiger partial charge is 0.138 e. The maximum Gasteiger partial charge on any atom is 0.138 e. The molecule has 0 heterocycles. The Morgan fingerprint density at radius 3 is 2.78 bits per heavy atom. The summed E-state index contributed by atoms with van der Waals surface area (Å²) in [6.45, 7) is 6.53. The van der Waals surface area contributed by atoms with Crippen LogP contribution in [0.2, 0.25) is 5.02 Å². The van der Waals surface area contributed by atoms with E-state index in [0.717, 1.165) is 24.2 Å². The van der Waals surface area contributed by atoms with E-state index in [9.17, 15) is 0 Å². The fraction of sp³-hybridized carbons (Fsp3) is 0.600. The minimum absolute atomic E-state index is 0.197. The molecule has 0 radical (unpaired) electrons. The van der Waals surface area contributed by atoms with Crippen LogP contribution in [0.3, 0.4) is 0 Å². The van der Waals surface area contributed by atoms with Crippen molar-refractivity contribution in [2.75, 3.05) is 7.05 Å². The molecule has 18 heavy (non-hydrogen) atoms. The number of benzene rings is 1. The number of nitrogens with one attached hydrogen (secondary N) is 1. The third kappa shape index (κ3) is 2.24. The minimum atomic E-state index is 0.197. The minimum Gasteiger partial charge on any atom is -0.488 e. The second kappa shape index (κ2) is 5.10. The van der Waals surface area contributed by atoms with Crippen molar-refractivity contribution in [3.05, 3.63) is 28.8 Å². The first-order chi connectivity index (χ1) is 8.51. The molecule has 1 fully saturated rings. The lowest BCUT2D eigenvalue weighted by Crippen LogP contribution is -2.62. The molecule has 3 atom stereocenters. The van der Waals surface area contributed by atoms with Gasteiger partial charge in [-0.2, -0.15) is 0 Å². The van der Waals surface area contributed by atoms with E-state index in [1.165, 1.54) is 0 Å². The maximum absolute atomic E-state index is 6.22. The first-order valence-corrected chi connectivity index (χ1v) is 6.99. The number of rotatable bonds is 4. The topological polar surface area (TPSA) is 21.3 Å². The zero-order valence-corrected chi connectivity index (χ0v) is 12.3. The van der Waals surface area contributed by atoms with Gasteiger partial charge >= 0.3 is 0 Å². The van der Waals surface area contributed by atoms with Crippen LogP contribution in [0, 0.1) is 12.3 Å². The van der Waals surface area contributed by atoms with Crippen LogP contribution in [-0.2, 0) is 0 Å². The van der Waals surface area contributed by atoms with E-state index < -0.39 is 0 Å². The number of hydrogen-bond donors (Lipinski definition) is 1. The predicted octanol–water partition coefficient (Wildman–Crippen LogP) is 3.80. The van der Waals surface area contributed by atoms with Gasteiger partial charge in [-0.25, -0.2) is 0 Å².